The van der Waals surface area contributed by atoms with Gasteiger partial charge in [-0.2, -0.15) is 11.8 Å². The summed E-state index contributed by atoms with van der Waals surface area (Å²) in [4.78, 5) is 13.9. The van der Waals surface area contributed by atoms with Gasteiger partial charge in [0.05, 0.1) is 5.56 Å². The number of nitrogens with zero attached hydrogens (tertiary/aromatic N) is 1. The van der Waals surface area contributed by atoms with Gasteiger partial charge in [-0.05, 0) is 32.4 Å². The van der Waals surface area contributed by atoms with Gasteiger partial charge < -0.3 is 4.90 Å². The molecule has 0 aliphatic heterocycles. The van der Waals surface area contributed by atoms with E-state index >= 15 is 0 Å². The number of benzene rings is 1. The number of halogens is 2. The van der Waals surface area contributed by atoms with E-state index in [2.05, 4.69) is 6.92 Å². The average molecular weight is 287 g/mol. The largest absolute Gasteiger partial charge is 0.302 e. The highest BCUT2D eigenvalue weighted by molar-refractivity contribution is 7.98. The summed E-state index contributed by atoms with van der Waals surface area (Å²) < 4.78 is 26.5. The maximum atomic E-state index is 13.4. The Morgan fingerprint density at radius 3 is 2.74 bits per heavy atom. The zero-order valence-electron chi connectivity index (χ0n) is 11.5. The Balaban J connectivity index is 2.58. The lowest BCUT2D eigenvalue weighted by molar-refractivity contribution is 0.0959. The number of hydrogen-bond acceptors (Lipinski definition) is 3. The molecule has 0 saturated heterocycles. The van der Waals surface area contributed by atoms with E-state index in [0.717, 1.165) is 11.8 Å². The highest BCUT2D eigenvalue weighted by atomic mass is 32.2. The summed E-state index contributed by atoms with van der Waals surface area (Å²) in [5.41, 5.74) is -0.161. The summed E-state index contributed by atoms with van der Waals surface area (Å²) >= 11 is 1.74. The van der Waals surface area contributed by atoms with Crippen LogP contribution in [0.1, 0.15) is 23.7 Å². The highest BCUT2D eigenvalue weighted by Gasteiger charge is 2.16. The second-order valence-corrected chi connectivity index (χ2v) is 5.47. The molecule has 0 aliphatic carbocycles. The Hall–Kier alpha value is -0.940. The summed E-state index contributed by atoms with van der Waals surface area (Å²) in [6, 6.07) is 4.04. The molecule has 2 nitrogen and oxygen atoms in total. The highest BCUT2D eigenvalue weighted by Crippen LogP contribution is 2.14. The number of rotatable bonds is 7. The van der Waals surface area contributed by atoms with Gasteiger partial charge in [0, 0.05) is 24.8 Å². The molecule has 0 bridgehead atoms. The Morgan fingerprint density at radius 2 is 2.11 bits per heavy atom. The molecule has 0 amide bonds. The minimum absolute atomic E-state index is 0.161. The van der Waals surface area contributed by atoms with Crippen molar-refractivity contribution in [2.24, 2.45) is 0 Å². The molecule has 0 spiro atoms. The molecule has 1 atom stereocenters. The zero-order valence-corrected chi connectivity index (χ0v) is 12.3. The van der Waals surface area contributed by atoms with Crippen molar-refractivity contribution >= 4 is 17.5 Å². The van der Waals surface area contributed by atoms with Gasteiger partial charge >= 0.3 is 0 Å². The van der Waals surface area contributed by atoms with Crippen LogP contribution in [0.5, 0.6) is 0 Å². The number of thioether (sulfide) groups is 1. The normalized spacial score (nSPS) is 12.7. The number of hydrogen-bond donors (Lipinski definition) is 0. The van der Waals surface area contributed by atoms with E-state index < -0.39 is 11.6 Å². The first-order valence-electron chi connectivity index (χ1n) is 6.13. The molecule has 1 aromatic carbocycles. The third-order valence-corrected chi connectivity index (χ3v) is 3.92. The molecule has 0 radical (unpaired) electrons. The number of carbonyl (C=O) groups is 1. The van der Waals surface area contributed by atoms with Crippen LogP contribution in [0.25, 0.3) is 0 Å². The molecule has 1 unspecified atom stereocenters. The average Bonchev–Trinajstić information content (AvgIpc) is 2.39. The first kappa shape index (κ1) is 16.1. The van der Waals surface area contributed by atoms with Crippen LogP contribution >= 0.6 is 11.8 Å². The van der Waals surface area contributed by atoms with Crippen molar-refractivity contribution in [1.29, 1.82) is 0 Å². The van der Waals surface area contributed by atoms with Gasteiger partial charge in [-0.25, -0.2) is 8.78 Å². The summed E-state index contributed by atoms with van der Waals surface area (Å²) in [6.45, 7) is 2.61. The molecule has 0 aliphatic rings. The van der Waals surface area contributed by atoms with Crippen LogP contribution in [0.15, 0.2) is 18.2 Å². The van der Waals surface area contributed by atoms with E-state index in [1.54, 1.807) is 11.8 Å². The second-order valence-electron chi connectivity index (χ2n) is 4.56. The van der Waals surface area contributed by atoms with Gasteiger partial charge in [0.15, 0.2) is 17.4 Å². The van der Waals surface area contributed by atoms with Crippen LogP contribution in [0, 0.1) is 11.6 Å². The van der Waals surface area contributed by atoms with Gasteiger partial charge in [-0.1, -0.05) is 6.07 Å². The SMILES string of the molecule is CSCC(C)N(C)CCC(=O)c1cccc(F)c1F. The third kappa shape index (κ3) is 4.58. The Bertz CT molecular complexity index is 439. The van der Waals surface area contributed by atoms with Crippen LogP contribution in [0.2, 0.25) is 0 Å². The fraction of sp³-hybridized carbons (Fsp3) is 0.500. The van der Waals surface area contributed by atoms with E-state index in [4.69, 9.17) is 0 Å². The van der Waals surface area contributed by atoms with Gasteiger partial charge in [0.1, 0.15) is 0 Å². The molecule has 1 rings (SSSR count). The molecule has 1 aromatic rings. The number of Topliss-reactive ketones (excluding diaryl/α,β-unsaturated/α-hetero) is 1. The fourth-order valence-corrected chi connectivity index (χ4v) is 2.46. The van der Waals surface area contributed by atoms with E-state index in [1.165, 1.54) is 12.1 Å². The Kier molecular flexibility index (Phi) is 6.45. The summed E-state index contributed by atoms with van der Waals surface area (Å²) in [5, 5.41) is 0. The zero-order chi connectivity index (χ0) is 14.4. The van der Waals surface area contributed by atoms with E-state index in [1.807, 2.05) is 18.2 Å². The predicted molar refractivity (Wildman–Crippen MR) is 75.8 cm³/mol. The van der Waals surface area contributed by atoms with Crippen LogP contribution in [-0.4, -0.2) is 42.3 Å². The monoisotopic (exact) mass is 287 g/mol. The molecule has 0 fully saturated rings. The van der Waals surface area contributed by atoms with Crippen molar-refractivity contribution in [2.45, 2.75) is 19.4 Å². The predicted octanol–water partition coefficient (Wildman–Crippen LogP) is 3.22. The van der Waals surface area contributed by atoms with Crippen molar-refractivity contribution in [2.75, 3.05) is 25.6 Å². The standard InChI is InChI=1S/C14H19F2NOS/c1-10(9-19-3)17(2)8-7-13(18)11-5-4-6-12(15)14(11)16/h4-6,10H,7-9H2,1-3H3. The van der Waals surface area contributed by atoms with Crippen molar-refractivity contribution in [1.82, 2.24) is 4.90 Å². The summed E-state index contributed by atoms with van der Waals surface area (Å²) in [7, 11) is 1.93. The van der Waals surface area contributed by atoms with Crippen molar-refractivity contribution in [3.63, 3.8) is 0 Å². The van der Waals surface area contributed by atoms with Gasteiger partial charge in [-0.15, -0.1) is 0 Å². The minimum Gasteiger partial charge on any atom is -0.302 e. The maximum Gasteiger partial charge on any atom is 0.169 e. The molecule has 5 heteroatoms. The molecular formula is C14H19F2NOS. The first-order chi connectivity index (χ1) is 8.97. The molecule has 0 N–H and O–H groups in total. The van der Waals surface area contributed by atoms with Crippen molar-refractivity contribution in [3.05, 3.63) is 35.4 Å². The summed E-state index contributed by atoms with van der Waals surface area (Å²) in [6.07, 6.45) is 2.22. The molecule has 0 heterocycles. The third-order valence-electron chi connectivity index (χ3n) is 3.10. The molecule has 0 aromatic heterocycles. The molecule has 19 heavy (non-hydrogen) atoms. The molecule has 106 valence electrons. The van der Waals surface area contributed by atoms with Gasteiger partial charge in [0.2, 0.25) is 0 Å². The lowest BCUT2D eigenvalue weighted by atomic mass is 10.1. The van der Waals surface area contributed by atoms with Crippen molar-refractivity contribution in [3.8, 4) is 0 Å². The smallest absolute Gasteiger partial charge is 0.169 e. The second kappa shape index (κ2) is 7.60. The first-order valence-corrected chi connectivity index (χ1v) is 7.53. The lowest BCUT2D eigenvalue weighted by Gasteiger charge is -2.23. The maximum absolute atomic E-state index is 13.4. The lowest BCUT2D eigenvalue weighted by Crippen LogP contribution is -2.32. The van der Waals surface area contributed by atoms with Crippen LogP contribution in [-0.2, 0) is 0 Å². The molecular weight excluding hydrogens is 268 g/mol. The summed E-state index contributed by atoms with van der Waals surface area (Å²) in [5.74, 6) is -1.42. The van der Waals surface area contributed by atoms with Gasteiger partial charge in [-0.3, -0.25) is 4.79 Å². The van der Waals surface area contributed by atoms with Crippen LogP contribution in [0.3, 0.4) is 0 Å². The Morgan fingerprint density at radius 1 is 1.42 bits per heavy atom. The van der Waals surface area contributed by atoms with Crippen molar-refractivity contribution < 1.29 is 13.6 Å². The Labute approximate surface area is 117 Å². The van der Waals surface area contributed by atoms with Crippen LogP contribution in [0.4, 0.5) is 8.78 Å². The fourth-order valence-electron chi connectivity index (χ4n) is 1.72. The van der Waals surface area contributed by atoms with Gasteiger partial charge in [0.25, 0.3) is 0 Å². The van der Waals surface area contributed by atoms with E-state index in [0.29, 0.717) is 12.6 Å². The topological polar surface area (TPSA) is 20.3 Å². The quantitative estimate of drug-likeness (QED) is 0.718. The van der Waals surface area contributed by atoms with Crippen LogP contribution < -0.4 is 0 Å². The number of ketones is 1. The number of carbonyl (C=O) groups excluding carboxylic acids is 1. The van der Waals surface area contributed by atoms with E-state index in [9.17, 15) is 13.6 Å². The minimum atomic E-state index is -1.05. The molecule has 0 saturated carbocycles. The van der Waals surface area contributed by atoms with E-state index in [-0.39, 0.29) is 17.8 Å².